The number of nitrogens with zero attached hydrogens (tertiary/aromatic N) is 1. The van der Waals surface area contributed by atoms with E-state index in [1.807, 2.05) is 25.7 Å². The lowest BCUT2D eigenvalue weighted by Gasteiger charge is -2.40. The maximum absolute atomic E-state index is 11.6. The summed E-state index contributed by atoms with van der Waals surface area (Å²) >= 11 is 0. The van der Waals surface area contributed by atoms with Crippen molar-refractivity contribution in [1.82, 2.24) is 15.5 Å². The molecule has 0 aromatic heterocycles. The van der Waals surface area contributed by atoms with E-state index in [0.717, 1.165) is 13.1 Å². The number of amides is 2. The average Bonchev–Trinajstić information content (AvgIpc) is 2.14. The van der Waals surface area contributed by atoms with Gasteiger partial charge in [-0.05, 0) is 20.4 Å². The molecular formula is C10H19N3O2. The van der Waals surface area contributed by atoms with Gasteiger partial charge in [-0.25, -0.2) is 0 Å². The van der Waals surface area contributed by atoms with Crippen molar-refractivity contribution >= 4 is 11.8 Å². The summed E-state index contributed by atoms with van der Waals surface area (Å²) in [6.07, 6.45) is 0. The molecule has 1 rings (SSSR count). The lowest BCUT2D eigenvalue weighted by Crippen LogP contribution is -2.64. The van der Waals surface area contributed by atoms with Crippen LogP contribution in [-0.2, 0) is 9.59 Å². The summed E-state index contributed by atoms with van der Waals surface area (Å²) in [5, 5.41) is 5.53. The van der Waals surface area contributed by atoms with Gasteiger partial charge in [0.2, 0.25) is 11.8 Å². The van der Waals surface area contributed by atoms with E-state index in [0.29, 0.717) is 13.1 Å². The second-order valence-corrected chi connectivity index (χ2v) is 4.21. The molecule has 5 nitrogen and oxygen atoms in total. The molecule has 0 aromatic rings. The van der Waals surface area contributed by atoms with Gasteiger partial charge in [0.05, 0.1) is 12.1 Å². The maximum atomic E-state index is 11.6. The number of piperazine rings is 1. The highest BCUT2D eigenvalue weighted by atomic mass is 16.2. The smallest absolute Gasteiger partial charge is 0.246 e. The molecule has 0 aliphatic carbocycles. The summed E-state index contributed by atoms with van der Waals surface area (Å²) in [5.74, 6) is -0.425. The molecule has 2 N–H and O–H groups in total. The Morgan fingerprint density at radius 3 is 2.73 bits per heavy atom. The van der Waals surface area contributed by atoms with Gasteiger partial charge < -0.3 is 5.32 Å². The molecule has 0 bridgehead atoms. The van der Waals surface area contributed by atoms with Crippen LogP contribution in [0.1, 0.15) is 20.8 Å². The number of carbonyl (C=O) groups excluding carboxylic acids is 2. The van der Waals surface area contributed by atoms with Crippen LogP contribution in [0.4, 0.5) is 0 Å². The van der Waals surface area contributed by atoms with Crippen LogP contribution in [0.5, 0.6) is 0 Å². The summed E-state index contributed by atoms with van der Waals surface area (Å²) in [6.45, 7) is 8.39. The predicted molar refractivity (Wildman–Crippen MR) is 57.3 cm³/mol. The second-order valence-electron chi connectivity index (χ2n) is 4.21. The van der Waals surface area contributed by atoms with Gasteiger partial charge in [-0.3, -0.25) is 19.8 Å². The third-order valence-corrected chi connectivity index (χ3v) is 2.74. The number of likely N-dealkylation sites (N-methyl/N-ethyl adjacent to an activating group) is 1. The fourth-order valence-corrected chi connectivity index (χ4v) is 1.58. The number of rotatable bonds is 4. The van der Waals surface area contributed by atoms with Crippen LogP contribution < -0.4 is 10.6 Å². The maximum Gasteiger partial charge on any atom is 0.246 e. The topological polar surface area (TPSA) is 61.4 Å². The van der Waals surface area contributed by atoms with Crippen molar-refractivity contribution in [2.75, 3.05) is 26.2 Å². The molecular weight excluding hydrogens is 194 g/mol. The number of imide groups is 1. The van der Waals surface area contributed by atoms with Crippen molar-refractivity contribution in [2.45, 2.75) is 26.3 Å². The van der Waals surface area contributed by atoms with E-state index < -0.39 is 5.54 Å². The van der Waals surface area contributed by atoms with E-state index in [4.69, 9.17) is 0 Å². The highest BCUT2D eigenvalue weighted by Gasteiger charge is 2.40. The molecule has 0 atom stereocenters. The molecule has 1 aliphatic heterocycles. The largest absolute Gasteiger partial charge is 0.316 e. The predicted octanol–water partition coefficient (Wildman–Crippen LogP) is -0.667. The van der Waals surface area contributed by atoms with Crippen LogP contribution in [0.3, 0.4) is 0 Å². The minimum Gasteiger partial charge on any atom is -0.316 e. The molecule has 15 heavy (non-hydrogen) atoms. The van der Waals surface area contributed by atoms with Gasteiger partial charge in [0, 0.05) is 13.1 Å². The number of carbonyl (C=O) groups is 2. The average molecular weight is 213 g/mol. The highest BCUT2D eigenvalue weighted by Crippen LogP contribution is 2.16. The SMILES string of the molecule is CCNCCN1CC(=O)NC(=O)C1(C)C. The first-order chi connectivity index (χ1) is 6.98. The van der Waals surface area contributed by atoms with Gasteiger partial charge in [-0.2, -0.15) is 0 Å². The van der Waals surface area contributed by atoms with Crippen LogP contribution in [0, 0.1) is 0 Å². The van der Waals surface area contributed by atoms with Gasteiger partial charge in [-0.15, -0.1) is 0 Å². The Morgan fingerprint density at radius 2 is 2.13 bits per heavy atom. The first kappa shape index (κ1) is 12.1. The molecule has 2 amide bonds. The Balaban J connectivity index is 2.59. The number of hydrogen-bond acceptors (Lipinski definition) is 4. The van der Waals surface area contributed by atoms with Gasteiger partial charge >= 0.3 is 0 Å². The van der Waals surface area contributed by atoms with Crippen molar-refractivity contribution in [3.05, 3.63) is 0 Å². The van der Waals surface area contributed by atoms with E-state index in [2.05, 4.69) is 10.6 Å². The fraction of sp³-hybridized carbons (Fsp3) is 0.800. The summed E-state index contributed by atoms with van der Waals surface area (Å²) in [6, 6.07) is 0. The zero-order chi connectivity index (χ0) is 11.5. The van der Waals surface area contributed by atoms with Crippen molar-refractivity contribution in [1.29, 1.82) is 0 Å². The number of hydrogen-bond donors (Lipinski definition) is 2. The number of nitrogens with one attached hydrogen (secondary N) is 2. The molecule has 0 spiro atoms. The first-order valence-electron chi connectivity index (χ1n) is 5.28. The highest BCUT2D eigenvalue weighted by molar-refractivity contribution is 6.02. The molecule has 0 saturated carbocycles. The zero-order valence-corrected chi connectivity index (χ0v) is 9.59. The summed E-state index contributed by atoms with van der Waals surface area (Å²) < 4.78 is 0. The minimum absolute atomic E-state index is 0.212. The van der Waals surface area contributed by atoms with Gasteiger partial charge in [0.15, 0.2) is 0 Å². The molecule has 0 aromatic carbocycles. The molecule has 1 heterocycles. The third kappa shape index (κ3) is 2.76. The summed E-state index contributed by atoms with van der Waals surface area (Å²) in [4.78, 5) is 24.7. The van der Waals surface area contributed by atoms with Crippen LogP contribution in [0.15, 0.2) is 0 Å². The normalized spacial score (nSPS) is 21.5. The quantitative estimate of drug-likeness (QED) is 0.480. The van der Waals surface area contributed by atoms with Crippen LogP contribution in [0.25, 0.3) is 0 Å². The molecule has 0 radical (unpaired) electrons. The van der Waals surface area contributed by atoms with E-state index in [1.165, 1.54) is 0 Å². The molecule has 0 unspecified atom stereocenters. The summed E-state index contributed by atoms with van der Waals surface area (Å²) in [7, 11) is 0. The molecule has 86 valence electrons. The fourth-order valence-electron chi connectivity index (χ4n) is 1.58. The van der Waals surface area contributed by atoms with Crippen molar-refractivity contribution in [2.24, 2.45) is 0 Å². The summed E-state index contributed by atoms with van der Waals surface area (Å²) in [5.41, 5.74) is -0.594. The van der Waals surface area contributed by atoms with Crippen LogP contribution in [0.2, 0.25) is 0 Å². The monoisotopic (exact) mass is 213 g/mol. The van der Waals surface area contributed by atoms with Crippen molar-refractivity contribution < 1.29 is 9.59 Å². The van der Waals surface area contributed by atoms with E-state index in [1.54, 1.807) is 0 Å². The Hall–Kier alpha value is -0.940. The lowest BCUT2D eigenvalue weighted by molar-refractivity contribution is -0.145. The second kappa shape index (κ2) is 4.72. The Morgan fingerprint density at radius 1 is 1.47 bits per heavy atom. The molecule has 1 fully saturated rings. The first-order valence-corrected chi connectivity index (χ1v) is 5.28. The molecule has 5 heteroatoms. The lowest BCUT2D eigenvalue weighted by atomic mass is 9.99. The van der Waals surface area contributed by atoms with E-state index >= 15 is 0 Å². The van der Waals surface area contributed by atoms with E-state index in [9.17, 15) is 9.59 Å². The Kier molecular flexibility index (Phi) is 3.82. The van der Waals surface area contributed by atoms with Gasteiger partial charge in [0.25, 0.3) is 0 Å². The van der Waals surface area contributed by atoms with Crippen molar-refractivity contribution in [3.63, 3.8) is 0 Å². The van der Waals surface area contributed by atoms with Gasteiger partial charge in [-0.1, -0.05) is 6.92 Å². The Labute approximate surface area is 90.2 Å². The molecule has 1 aliphatic rings. The zero-order valence-electron chi connectivity index (χ0n) is 9.59. The van der Waals surface area contributed by atoms with Crippen LogP contribution >= 0.6 is 0 Å². The van der Waals surface area contributed by atoms with E-state index in [-0.39, 0.29) is 11.8 Å². The van der Waals surface area contributed by atoms with Crippen LogP contribution in [-0.4, -0.2) is 48.4 Å². The standard InChI is InChI=1S/C10H19N3O2/c1-4-11-5-6-13-7-8(14)12-9(15)10(13,2)3/h11H,4-7H2,1-3H3,(H,12,14,15). The van der Waals surface area contributed by atoms with Gasteiger partial charge in [0.1, 0.15) is 0 Å². The van der Waals surface area contributed by atoms with Crippen molar-refractivity contribution in [3.8, 4) is 0 Å². The Bertz CT molecular complexity index is 263. The molecule has 1 saturated heterocycles. The third-order valence-electron chi connectivity index (χ3n) is 2.74. The minimum atomic E-state index is -0.594.